The van der Waals surface area contributed by atoms with Gasteiger partial charge in [0.25, 0.3) is 0 Å². The Morgan fingerprint density at radius 2 is 2.05 bits per heavy atom. The van der Waals surface area contributed by atoms with Gasteiger partial charge in [-0.25, -0.2) is 15.8 Å². The summed E-state index contributed by atoms with van der Waals surface area (Å²) >= 11 is 3.99. The maximum Gasteiger partial charge on any atom is 0.146 e. The number of nitrogens with zero attached hydrogens (tertiary/aromatic N) is 2. The lowest BCUT2D eigenvalue weighted by Crippen LogP contribution is -2.24. The smallest absolute Gasteiger partial charge is 0.146 e. The summed E-state index contributed by atoms with van der Waals surface area (Å²) in [5.74, 6) is 8.33. The lowest BCUT2D eigenvalue weighted by atomic mass is 10.2. The molecule has 2 rings (SSSR count). The molecule has 0 saturated carbocycles. The van der Waals surface area contributed by atoms with Crippen molar-refractivity contribution < 1.29 is 0 Å². The maximum absolute atomic E-state index is 5.57. The predicted molar refractivity (Wildman–Crippen MR) is 85.7 cm³/mol. The van der Waals surface area contributed by atoms with E-state index in [2.05, 4.69) is 31.2 Å². The van der Waals surface area contributed by atoms with Gasteiger partial charge in [0.1, 0.15) is 11.6 Å². The number of thioether (sulfide) groups is 2. The van der Waals surface area contributed by atoms with Crippen molar-refractivity contribution in [3.8, 4) is 0 Å². The Hall–Kier alpha value is -0.460. The quantitative estimate of drug-likeness (QED) is 0.661. The Labute approximate surface area is 123 Å². The Morgan fingerprint density at radius 3 is 2.63 bits per heavy atom. The minimum Gasteiger partial charge on any atom is -0.308 e. The topological polar surface area (TPSA) is 63.8 Å². The van der Waals surface area contributed by atoms with Crippen molar-refractivity contribution in [1.29, 1.82) is 0 Å². The fraction of sp³-hybridized carbons (Fsp3) is 0.692. The summed E-state index contributed by atoms with van der Waals surface area (Å²) in [6, 6.07) is 0. The van der Waals surface area contributed by atoms with Crippen molar-refractivity contribution in [1.82, 2.24) is 9.97 Å². The lowest BCUT2D eigenvalue weighted by molar-refractivity contribution is 0.835. The van der Waals surface area contributed by atoms with Gasteiger partial charge in [-0.2, -0.15) is 11.8 Å². The van der Waals surface area contributed by atoms with E-state index in [1.165, 1.54) is 0 Å². The first-order chi connectivity index (χ1) is 9.06. The van der Waals surface area contributed by atoms with E-state index in [1.54, 1.807) is 0 Å². The van der Waals surface area contributed by atoms with Gasteiger partial charge in [0.15, 0.2) is 0 Å². The molecule has 0 amide bonds. The Morgan fingerprint density at radius 1 is 1.32 bits per heavy atom. The summed E-state index contributed by atoms with van der Waals surface area (Å²) in [7, 11) is 0. The van der Waals surface area contributed by atoms with E-state index >= 15 is 0 Å². The van der Waals surface area contributed by atoms with E-state index in [9.17, 15) is 0 Å². The van der Waals surface area contributed by atoms with Crippen LogP contribution in [0, 0.1) is 6.92 Å². The van der Waals surface area contributed by atoms with Gasteiger partial charge in [0, 0.05) is 27.5 Å². The summed E-state index contributed by atoms with van der Waals surface area (Å²) in [5, 5.41) is 1.70. The SMILES string of the molecule is CCc1nc(C2CSC(C)C(C)S2)nc(NN)c1C. The minimum absolute atomic E-state index is 0.370. The fourth-order valence-electron chi connectivity index (χ4n) is 2.13. The number of nitrogens with two attached hydrogens (primary N) is 1. The summed E-state index contributed by atoms with van der Waals surface area (Å²) in [4.78, 5) is 9.34. The van der Waals surface area contributed by atoms with Gasteiger partial charge in [0.2, 0.25) is 0 Å². The molecule has 2 heterocycles. The number of nitrogens with one attached hydrogen (secondary N) is 1. The van der Waals surface area contributed by atoms with Gasteiger partial charge in [-0.1, -0.05) is 20.8 Å². The number of anilines is 1. The van der Waals surface area contributed by atoms with Gasteiger partial charge in [-0.15, -0.1) is 11.8 Å². The first kappa shape index (κ1) is 14.9. The molecule has 0 aromatic carbocycles. The Bertz CT molecular complexity index is 427. The van der Waals surface area contributed by atoms with Crippen LogP contribution in [0.4, 0.5) is 5.82 Å². The van der Waals surface area contributed by atoms with E-state index in [1.807, 2.05) is 30.4 Å². The molecule has 0 radical (unpaired) electrons. The van der Waals surface area contributed by atoms with Crippen molar-refractivity contribution in [2.45, 2.75) is 49.9 Å². The number of hydrazine groups is 1. The maximum atomic E-state index is 5.57. The first-order valence-corrected chi connectivity index (χ1v) is 8.67. The van der Waals surface area contributed by atoms with Crippen LogP contribution < -0.4 is 11.3 Å². The Balaban J connectivity index is 2.29. The molecule has 1 aliphatic heterocycles. The summed E-state index contributed by atoms with van der Waals surface area (Å²) in [5.41, 5.74) is 4.85. The third kappa shape index (κ3) is 3.17. The molecule has 1 aromatic heterocycles. The van der Waals surface area contributed by atoms with E-state index in [0.29, 0.717) is 15.7 Å². The zero-order valence-electron chi connectivity index (χ0n) is 11.9. The third-order valence-corrected chi connectivity index (χ3v) is 6.96. The van der Waals surface area contributed by atoms with E-state index in [-0.39, 0.29) is 0 Å². The zero-order valence-corrected chi connectivity index (χ0v) is 13.6. The Kier molecular flexibility index (Phi) is 4.97. The van der Waals surface area contributed by atoms with Crippen molar-refractivity contribution in [3.05, 3.63) is 17.1 Å². The summed E-state index contributed by atoms with van der Waals surface area (Å²) in [6.07, 6.45) is 0.909. The molecule has 19 heavy (non-hydrogen) atoms. The highest BCUT2D eigenvalue weighted by Gasteiger charge is 2.29. The van der Waals surface area contributed by atoms with Crippen molar-refractivity contribution >= 4 is 29.3 Å². The third-order valence-electron chi connectivity index (χ3n) is 3.57. The van der Waals surface area contributed by atoms with Crippen molar-refractivity contribution in [2.24, 2.45) is 5.84 Å². The van der Waals surface area contributed by atoms with Gasteiger partial charge in [0.05, 0.1) is 5.25 Å². The van der Waals surface area contributed by atoms with Gasteiger partial charge < -0.3 is 5.43 Å². The molecule has 4 nitrogen and oxygen atoms in total. The van der Waals surface area contributed by atoms with E-state index in [4.69, 9.17) is 10.8 Å². The van der Waals surface area contributed by atoms with Gasteiger partial charge in [-0.05, 0) is 13.3 Å². The molecule has 6 heteroatoms. The average Bonchev–Trinajstić information content (AvgIpc) is 2.42. The van der Waals surface area contributed by atoms with E-state index < -0.39 is 0 Å². The van der Waals surface area contributed by atoms with Crippen LogP contribution >= 0.6 is 23.5 Å². The molecule has 0 aliphatic carbocycles. The number of rotatable bonds is 3. The van der Waals surface area contributed by atoms with Gasteiger partial charge in [-0.3, -0.25) is 0 Å². The largest absolute Gasteiger partial charge is 0.308 e. The molecule has 1 aliphatic rings. The molecule has 106 valence electrons. The number of aryl methyl sites for hydroxylation is 1. The zero-order chi connectivity index (χ0) is 14.0. The number of hydrogen-bond donors (Lipinski definition) is 2. The second-order valence-corrected chi connectivity index (χ2v) is 7.86. The van der Waals surface area contributed by atoms with Crippen LogP contribution in [0.1, 0.15) is 43.1 Å². The molecule has 0 spiro atoms. The van der Waals surface area contributed by atoms with Crippen LogP contribution in [-0.4, -0.2) is 26.2 Å². The minimum atomic E-state index is 0.370. The van der Waals surface area contributed by atoms with Crippen LogP contribution in [0.25, 0.3) is 0 Å². The monoisotopic (exact) mass is 298 g/mol. The van der Waals surface area contributed by atoms with Crippen LogP contribution in [-0.2, 0) is 6.42 Å². The average molecular weight is 298 g/mol. The highest BCUT2D eigenvalue weighted by Crippen LogP contribution is 2.43. The highest BCUT2D eigenvalue weighted by molar-refractivity contribution is 8.07. The molecule has 1 saturated heterocycles. The first-order valence-electron chi connectivity index (χ1n) is 6.67. The fourth-order valence-corrected chi connectivity index (χ4v) is 4.97. The van der Waals surface area contributed by atoms with E-state index in [0.717, 1.165) is 35.1 Å². The summed E-state index contributed by atoms with van der Waals surface area (Å²) in [6.45, 7) is 8.71. The van der Waals surface area contributed by atoms with Crippen molar-refractivity contribution in [3.63, 3.8) is 0 Å². The normalized spacial score (nSPS) is 27.3. The number of hydrogen-bond acceptors (Lipinski definition) is 6. The highest BCUT2D eigenvalue weighted by atomic mass is 32.2. The number of nitrogen functional groups attached to an aromatic ring is 1. The standard InChI is InChI=1S/C13H22N4S2/c1-5-10-7(2)12(17-14)16-13(15-10)11-6-18-8(3)9(4)19-11/h8-9,11H,5-6,14H2,1-4H3,(H,15,16,17). The lowest BCUT2D eigenvalue weighted by Gasteiger charge is -2.30. The molecular weight excluding hydrogens is 276 g/mol. The molecule has 3 atom stereocenters. The summed E-state index contributed by atoms with van der Waals surface area (Å²) < 4.78 is 0. The van der Waals surface area contributed by atoms with Crippen LogP contribution in [0.2, 0.25) is 0 Å². The molecule has 0 bridgehead atoms. The van der Waals surface area contributed by atoms with Crippen molar-refractivity contribution in [2.75, 3.05) is 11.2 Å². The predicted octanol–water partition coefficient (Wildman–Crippen LogP) is 2.93. The number of aromatic nitrogens is 2. The van der Waals surface area contributed by atoms with Crippen LogP contribution in [0.5, 0.6) is 0 Å². The molecule has 3 N–H and O–H groups in total. The van der Waals surface area contributed by atoms with Gasteiger partial charge >= 0.3 is 0 Å². The molecule has 3 unspecified atom stereocenters. The molecule has 1 fully saturated rings. The second-order valence-electron chi connectivity index (χ2n) is 4.87. The van der Waals surface area contributed by atoms with Crippen LogP contribution in [0.15, 0.2) is 0 Å². The second kappa shape index (κ2) is 6.33. The molecular formula is C13H22N4S2. The molecule has 1 aromatic rings. The van der Waals surface area contributed by atoms with Crippen LogP contribution in [0.3, 0.4) is 0 Å².